The first-order chi connectivity index (χ1) is 18.6. The lowest BCUT2D eigenvalue weighted by atomic mass is 9.38. The summed E-state index contributed by atoms with van der Waals surface area (Å²) < 4.78 is 28.1. The molecule has 41 heavy (non-hydrogen) atoms. The van der Waals surface area contributed by atoms with Crippen molar-refractivity contribution in [2.24, 2.45) is 38.9 Å². The van der Waals surface area contributed by atoms with Crippen LogP contribution in [0.15, 0.2) is 23.3 Å². The Labute approximate surface area is 244 Å². The highest BCUT2D eigenvalue weighted by Gasteiger charge is 2.65. The molecule has 5 nitrogen and oxygen atoms in total. The second-order valence-electron chi connectivity index (χ2n) is 16.0. The van der Waals surface area contributed by atoms with Crippen LogP contribution in [0.1, 0.15) is 114 Å². The van der Waals surface area contributed by atoms with E-state index in [-0.39, 0.29) is 34.4 Å². The molecule has 0 saturated heterocycles. The fraction of sp³-hybridized carbons (Fsp3) is 0.765. The summed E-state index contributed by atoms with van der Waals surface area (Å²) in [6, 6.07) is 2.13. The van der Waals surface area contributed by atoms with E-state index in [0.29, 0.717) is 26.2 Å². The van der Waals surface area contributed by atoms with Gasteiger partial charge in [-0.2, -0.15) is 14.0 Å². The van der Waals surface area contributed by atoms with Crippen LogP contribution in [0.3, 0.4) is 0 Å². The zero-order valence-corrected chi connectivity index (χ0v) is 26.4. The summed E-state index contributed by atoms with van der Waals surface area (Å²) in [6.07, 6.45) is 9.14. The quantitative estimate of drug-likeness (QED) is 0.372. The standard InChI is InChI=1S/C34H48F2N2O3/c1-28(2)12-10-22-23(39)18-25-31(6)19-21(20-37)26(40)29(3,4)24(31)11-13-33(25,8)32(22,7)17-16-30(5,15-14-28)38-27(41)34(9,35)36/h18-19,22,24H,10-17H2,1-9H3,(H,38,41)/t22?,24-,30-,31-,32+,33+/m0/s1. The number of nitrogens with zero attached hydrogens (tertiary/aromatic N) is 1. The summed E-state index contributed by atoms with van der Waals surface area (Å²) in [4.78, 5) is 39.9. The number of nitrogens with one attached hydrogen (secondary N) is 1. The average molecular weight is 571 g/mol. The molecule has 2 fully saturated rings. The normalized spacial score (nSPS) is 40.5. The zero-order valence-electron chi connectivity index (χ0n) is 26.4. The Morgan fingerprint density at radius 1 is 0.951 bits per heavy atom. The molecular weight excluding hydrogens is 522 g/mol. The molecule has 0 bridgehead atoms. The van der Waals surface area contributed by atoms with Crippen molar-refractivity contribution >= 4 is 17.5 Å². The number of Topliss-reactive ketones (excluding diaryl/α,β-unsaturated/α-hetero) is 1. The fourth-order valence-electron chi connectivity index (χ4n) is 9.10. The minimum atomic E-state index is -3.48. The summed E-state index contributed by atoms with van der Waals surface area (Å²) in [5.41, 5.74) is -2.17. The van der Waals surface area contributed by atoms with E-state index in [0.717, 1.165) is 37.7 Å². The predicted molar refractivity (Wildman–Crippen MR) is 155 cm³/mol. The van der Waals surface area contributed by atoms with Crippen molar-refractivity contribution in [2.45, 2.75) is 125 Å². The van der Waals surface area contributed by atoms with E-state index in [1.165, 1.54) is 0 Å². The van der Waals surface area contributed by atoms with Crippen LogP contribution in [0.5, 0.6) is 0 Å². The van der Waals surface area contributed by atoms with Gasteiger partial charge in [0.15, 0.2) is 11.6 Å². The van der Waals surface area contributed by atoms with Crippen molar-refractivity contribution in [3.8, 4) is 6.07 Å². The van der Waals surface area contributed by atoms with E-state index in [1.54, 1.807) is 0 Å². The van der Waals surface area contributed by atoms with E-state index in [4.69, 9.17) is 0 Å². The highest BCUT2D eigenvalue weighted by molar-refractivity contribution is 6.04. The molecule has 1 amide bonds. The third kappa shape index (κ3) is 4.91. The van der Waals surface area contributed by atoms with Gasteiger partial charge in [0, 0.05) is 29.2 Å². The Balaban J connectivity index is 1.85. The molecule has 0 heterocycles. The Bertz CT molecular complexity index is 1270. The lowest BCUT2D eigenvalue weighted by Crippen LogP contribution is -2.61. The second kappa shape index (κ2) is 9.58. The topological polar surface area (TPSA) is 87.0 Å². The van der Waals surface area contributed by atoms with E-state index >= 15 is 0 Å². The number of allylic oxidation sites excluding steroid dienone is 4. The van der Waals surface area contributed by atoms with Crippen LogP contribution in [-0.4, -0.2) is 28.9 Å². The van der Waals surface area contributed by atoms with Gasteiger partial charge in [0.1, 0.15) is 6.07 Å². The lowest BCUT2D eigenvalue weighted by molar-refractivity contribution is -0.146. The number of halogens is 2. The number of alkyl halides is 2. The van der Waals surface area contributed by atoms with Gasteiger partial charge in [0.05, 0.1) is 5.57 Å². The molecule has 2 saturated carbocycles. The van der Waals surface area contributed by atoms with E-state index in [9.17, 15) is 28.4 Å². The SMILES string of the molecule is CC1(C)CCC2C(=O)C=C3[C@@]4(C)C=C(C#N)C(=O)C(C)(C)[C@@H]4CC[C@@]3(C)[C@]2(C)CC[C@@](C)(NC(=O)C(C)(F)F)CC1. The van der Waals surface area contributed by atoms with Crippen LogP contribution in [0.25, 0.3) is 0 Å². The summed E-state index contributed by atoms with van der Waals surface area (Å²) in [7, 11) is 0. The van der Waals surface area contributed by atoms with Crippen LogP contribution in [-0.2, 0) is 14.4 Å². The van der Waals surface area contributed by atoms with Crippen molar-refractivity contribution in [1.82, 2.24) is 5.32 Å². The van der Waals surface area contributed by atoms with Gasteiger partial charge >= 0.3 is 5.92 Å². The number of carbonyl (C=O) groups excluding carboxylic acids is 3. The lowest BCUT2D eigenvalue weighted by Gasteiger charge is -2.65. The Morgan fingerprint density at radius 3 is 2.15 bits per heavy atom. The summed E-state index contributed by atoms with van der Waals surface area (Å²) in [5, 5.41) is 12.6. The van der Waals surface area contributed by atoms with Gasteiger partial charge in [-0.05, 0) is 86.5 Å². The fourth-order valence-corrected chi connectivity index (χ4v) is 9.10. The van der Waals surface area contributed by atoms with Gasteiger partial charge in [-0.1, -0.05) is 60.1 Å². The van der Waals surface area contributed by atoms with Gasteiger partial charge in [-0.25, -0.2) is 0 Å². The van der Waals surface area contributed by atoms with Crippen molar-refractivity contribution in [3.63, 3.8) is 0 Å². The van der Waals surface area contributed by atoms with Gasteiger partial charge in [0.25, 0.3) is 5.91 Å². The third-order valence-corrected chi connectivity index (χ3v) is 12.2. The molecule has 0 aromatic carbocycles. The molecule has 7 heteroatoms. The minimum Gasteiger partial charge on any atom is -0.346 e. The first-order valence-corrected chi connectivity index (χ1v) is 15.2. The van der Waals surface area contributed by atoms with Crippen LogP contribution in [0.2, 0.25) is 0 Å². The molecule has 226 valence electrons. The Morgan fingerprint density at radius 2 is 1.56 bits per heavy atom. The monoisotopic (exact) mass is 570 g/mol. The molecule has 4 aliphatic rings. The molecular formula is C34H48F2N2O3. The average Bonchev–Trinajstić information content (AvgIpc) is 2.84. The first kappa shape index (κ1) is 31.6. The molecule has 0 aliphatic heterocycles. The van der Waals surface area contributed by atoms with Crippen molar-refractivity contribution in [2.75, 3.05) is 0 Å². The number of carbonyl (C=O) groups is 3. The van der Waals surface area contributed by atoms with Gasteiger partial charge in [0.2, 0.25) is 0 Å². The second-order valence-corrected chi connectivity index (χ2v) is 16.0. The van der Waals surface area contributed by atoms with Gasteiger partial charge < -0.3 is 5.32 Å². The number of nitriles is 1. The molecule has 4 aliphatic carbocycles. The minimum absolute atomic E-state index is 0.0540. The van der Waals surface area contributed by atoms with E-state index < -0.39 is 39.0 Å². The molecule has 0 aromatic rings. The van der Waals surface area contributed by atoms with Crippen LogP contribution in [0.4, 0.5) is 8.78 Å². The maximum atomic E-state index is 14.2. The highest BCUT2D eigenvalue weighted by atomic mass is 19.3. The molecule has 6 atom stereocenters. The molecule has 1 N–H and O–H groups in total. The smallest absolute Gasteiger partial charge is 0.321 e. The summed E-state index contributed by atoms with van der Waals surface area (Å²) in [5.74, 6) is -5.12. The highest BCUT2D eigenvalue weighted by Crippen LogP contribution is 2.70. The summed E-state index contributed by atoms with van der Waals surface area (Å²) in [6.45, 7) is 17.1. The van der Waals surface area contributed by atoms with Crippen LogP contribution in [0, 0.1) is 50.2 Å². The van der Waals surface area contributed by atoms with Crippen molar-refractivity contribution in [1.29, 1.82) is 5.26 Å². The van der Waals surface area contributed by atoms with Gasteiger partial charge in [-0.3, -0.25) is 14.4 Å². The largest absolute Gasteiger partial charge is 0.346 e. The Kier molecular flexibility index (Phi) is 7.37. The van der Waals surface area contributed by atoms with Crippen LogP contribution < -0.4 is 5.32 Å². The number of hydrogen-bond acceptors (Lipinski definition) is 4. The Hall–Kier alpha value is -2.36. The van der Waals surface area contributed by atoms with Crippen molar-refractivity contribution in [3.05, 3.63) is 23.3 Å². The number of rotatable bonds is 2. The molecule has 1 unspecified atom stereocenters. The number of ketones is 2. The van der Waals surface area contributed by atoms with E-state index in [2.05, 4.69) is 46.0 Å². The molecule has 4 rings (SSSR count). The number of fused-ring (bicyclic) bond motifs is 5. The first-order valence-electron chi connectivity index (χ1n) is 15.2. The van der Waals surface area contributed by atoms with Crippen LogP contribution >= 0.6 is 0 Å². The number of hydrogen-bond donors (Lipinski definition) is 1. The third-order valence-electron chi connectivity index (χ3n) is 12.2. The maximum Gasteiger partial charge on any atom is 0.321 e. The molecule has 0 spiro atoms. The number of amides is 1. The van der Waals surface area contributed by atoms with Gasteiger partial charge in [-0.15, -0.1) is 0 Å². The predicted octanol–water partition coefficient (Wildman–Crippen LogP) is 7.51. The maximum absolute atomic E-state index is 14.2. The zero-order chi connectivity index (χ0) is 31.0. The molecule has 0 aromatic heterocycles. The van der Waals surface area contributed by atoms with E-state index in [1.807, 2.05) is 32.9 Å². The summed E-state index contributed by atoms with van der Waals surface area (Å²) >= 11 is 0. The molecule has 0 radical (unpaired) electrons. The van der Waals surface area contributed by atoms with Crippen molar-refractivity contribution < 1.29 is 23.2 Å².